The van der Waals surface area contributed by atoms with Crippen LogP contribution in [0.2, 0.25) is 0 Å². The molecule has 0 aliphatic rings. The van der Waals surface area contributed by atoms with Crippen LogP contribution < -0.4 is 0 Å². The normalized spacial score (nSPS) is 10.9. The average molecular weight is 281 g/mol. The summed E-state index contributed by atoms with van der Waals surface area (Å²) in [6.45, 7) is 0.650. The van der Waals surface area contributed by atoms with E-state index < -0.39 is 0 Å². The Bertz CT molecular complexity index is 796. The number of benzene rings is 1. The zero-order valence-electron chi connectivity index (χ0n) is 11.5. The number of nitrogens with zero attached hydrogens (tertiary/aromatic N) is 4. The van der Waals surface area contributed by atoms with Crippen molar-refractivity contribution in [2.75, 3.05) is 6.61 Å². The fourth-order valence-corrected chi connectivity index (χ4v) is 2.45. The molecule has 2 heterocycles. The van der Waals surface area contributed by atoms with Crippen LogP contribution in [0.4, 0.5) is 0 Å². The van der Waals surface area contributed by atoms with Crippen LogP contribution >= 0.6 is 0 Å². The Labute approximate surface area is 121 Å². The summed E-state index contributed by atoms with van der Waals surface area (Å²) in [5, 5.41) is 27.2. The number of rotatable bonds is 5. The van der Waals surface area contributed by atoms with Crippen LogP contribution in [-0.4, -0.2) is 31.7 Å². The summed E-state index contributed by atoms with van der Waals surface area (Å²) in [5.74, 6) is 0. The number of hydrogen-bond donors (Lipinski definition) is 2. The molecule has 0 saturated heterocycles. The van der Waals surface area contributed by atoms with E-state index in [4.69, 9.17) is 5.11 Å². The van der Waals surface area contributed by atoms with E-state index in [0.717, 1.165) is 22.2 Å². The van der Waals surface area contributed by atoms with Gasteiger partial charge in [-0.2, -0.15) is 5.26 Å². The first-order chi connectivity index (χ1) is 10.3. The number of aromatic amines is 1. The summed E-state index contributed by atoms with van der Waals surface area (Å²) in [5.41, 5.74) is 3.31. The third-order valence-electron chi connectivity index (χ3n) is 3.50. The Morgan fingerprint density at radius 2 is 2.19 bits per heavy atom. The van der Waals surface area contributed by atoms with Crippen molar-refractivity contribution in [2.45, 2.75) is 19.4 Å². The van der Waals surface area contributed by atoms with Crippen LogP contribution in [0.5, 0.6) is 0 Å². The van der Waals surface area contributed by atoms with Gasteiger partial charge in [0.1, 0.15) is 6.07 Å². The molecule has 3 rings (SSSR count). The van der Waals surface area contributed by atoms with Gasteiger partial charge in [-0.15, -0.1) is 5.10 Å². The molecule has 0 fully saturated rings. The van der Waals surface area contributed by atoms with Crippen LogP contribution in [0.3, 0.4) is 0 Å². The number of nitriles is 1. The highest BCUT2D eigenvalue weighted by atomic mass is 16.3. The van der Waals surface area contributed by atoms with E-state index >= 15 is 0 Å². The Balaban J connectivity index is 1.97. The van der Waals surface area contributed by atoms with E-state index in [2.05, 4.69) is 27.4 Å². The molecule has 0 atom stereocenters. The second-order valence-corrected chi connectivity index (χ2v) is 4.83. The van der Waals surface area contributed by atoms with Crippen molar-refractivity contribution in [3.05, 3.63) is 47.4 Å². The molecule has 0 amide bonds. The number of hydrogen-bond acceptors (Lipinski definition) is 4. The second-order valence-electron chi connectivity index (χ2n) is 4.83. The van der Waals surface area contributed by atoms with Crippen molar-refractivity contribution in [2.24, 2.45) is 0 Å². The molecule has 0 saturated carbocycles. The molecule has 3 aromatic rings. The van der Waals surface area contributed by atoms with Gasteiger partial charge in [0.05, 0.1) is 5.69 Å². The lowest BCUT2D eigenvalue weighted by molar-refractivity contribution is 0.275. The lowest BCUT2D eigenvalue weighted by Gasteiger charge is -2.05. The molecular weight excluding hydrogens is 266 g/mol. The lowest BCUT2D eigenvalue weighted by Crippen LogP contribution is -2.08. The number of fused-ring (bicyclic) bond motifs is 1. The van der Waals surface area contributed by atoms with E-state index in [1.54, 1.807) is 4.68 Å². The third kappa shape index (κ3) is 2.51. The fourth-order valence-electron chi connectivity index (χ4n) is 2.45. The Morgan fingerprint density at radius 1 is 1.33 bits per heavy atom. The summed E-state index contributed by atoms with van der Waals surface area (Å²) >= 11 is 0. The van der Waals surface area contributed by atoms with E-state index in [-0.39, 0.29) is 6.61 Å². The lowest BCUT2D eigenvalue weighted by atomic mass is 10.1. The SMILES string of the molecule is N#Cc1nnn(CCCO)c1Cc1c[nH]c2ccccc12. The van der Waals surface area contributed by atoms with E-state index in [9.17, 15) is 5.26 Å². The van der Waals surface area contributed by atoms with Gasteiger partial charge in [-0.25, -0.2) is 4.68 Å². The molecule has 0 unspecified atom stereocenters. The standard InChI is InChI=1S/C15H15N5O/c16-9-14-15(20(19-18-14)6-3-7-21)8-11-10-17-13-5-2-1-4-12(11)13/h1-2,4-5,10,17,21H,3,6-8H2. The summed E-state index contributed by atoms with van der Waals surface area (Å²) in [4.78, 5) is 3.23. The Hall–Kier alpha value is -2.65. The van der Waals surface area contributed by atoms with Gasteiger partial charge in [0.25, 0.3) is 0 Å². The molecule has 0 radical (unpaired) electrons. The molecule has 0 aliphatic carbocycles. The fraction of sp³-hybridized carbons (Fsp3) is 0.267. The highest BCUT2D eigenvalue weighted by molar-refractivity contribution is 5.83. The molecule has 2 N–H and O–H groups in total. The van der Waals surface area contributed by atoms with Gasteiger partial charge in [-0.05, 0) is 18.1 Å². The molecule has 6 heteroatoms. The molecular formula is C15H15N5O. The number of para-hydroxylation sites is 1. The van der Waals surface area contributed by atoms with Gasteiger partial charge in [-0.3, -0.25) is 0 Å². The molecule has 0 aliphatic heterocycles. The van der Waals surface area contributed by atoms with Crippen LogP contribution in [-0.2, 0) is 13.0 Å². The first kappa shape index (κ1) is 13.3. The van der Waals surface area contributed by atoms with Gasteiger partial charge < -0.3 is 10.1 Å². The number of aliphatic hydroxyl groups excluding tert-OH is 1. The van der Waals surface area contributed by atoms with E-state index in [1.165, 1.54) is 0 Å². The monoisotopic (exact) mass is 281 g/mol. The number of aromatic nitrogens is 4. The van der Waals surface area contributed by atoms with Gasteiger partial charge in [0.15, 0.2) is 5.69 Å². The van der Waals surface area contributed by atoms with Crippen LogP contribution in [0, 0.1) is 11.3 Å². The maximum absolute atomic E-state index is 9.18. The first-order valence-electron chi connectivity index (χ1n) is 6.82. The number of H-pyrrole nitrogens is 1. The maximum atomic E-state index is 9.18. The van der Waals surface area contributed by atoms with Crippen molar-refractivity contribution < 1.29 is 5.11 Å². The molecule has 2 aromatic heterocycles. The highest BCUT2D eigenvalue weighted by Crippen LogP contribution is 2.21. The summed E-state index contributed by atoms with van der Waals surface area (Å²) in [6, 6.07) is 10.1. The Kier molecular flexibility index (Phi) is 3.67. The van der Waals surface area contributed by atoms with Crippen molar-refractivity contribution in [1.82, 2.24) is 20.0 Å². The molecule has 106 valence electrons. The highest BCUT2D eigenvalue weighted by Gasteiger charge is 2.15. The summed E-state index contributed by atoms with van der Waals surface area (Å²) in [6.07, 6.45) is 3.13. The topological polar surface area (TPSA) is 90.5 Å². The molecule has 21 heavy (non-hydrogen) atoms. The zero-order valence-corrected chi connectivity index (χ0v) is 11.5. The van der Waals surface area contributed by atoms with Gasteiger partial charge >= 0.3 is 0 Å². The van der Waals surface area contributed by atoms with Gasteiger partial charge in [0.2, 0.25) is 0 Å². The van der Waals surface area contributed by atoms with Crippen LogP contribution in [0.15, 0.2) is 30.5 Å². The second kappa shape index (κ2) is 5.77. The molecule has 6 nitrogen and oxygen atoms in total. The number of aryl methyl sites for hydroxylation is 1. The van der Waals surface area contributed by atoms with E-state index in [1.807, 2.05) is 24.4 Å². The Morgan fingerprint density at radius 3 is 3.00 bits per heavy atom. The quantitative estimate of drug-likeness (QED) is 0.743. The predicted molar refractivity (Wildman–Crippen MR) is 77.5 cm³/mol. The summed E-state index contributed by atoms with van der Waals surface area (Å²) < 4.78 is 1.70. The van der Waals surface area contributed by atoms with Crippen molar-refractivity contribution in [1.29, 1.82) is 5.26 Å². The third-order valence-corrected chi connectivity index (χ3v) is 3.50. The van der Waals surface area contributed by atoms with Crippen LogP contribution in [0.25, 0.3) is 10.9 Å². The molecule has 1 aromatic carbocycles. The minimum Gasteiger partial charge on any atom is -0.396 e. The van der Waals surface area contributed by atoms with Crippen molar-refractivity contribution in [3.8, 4) is 6.07 Å². The maximum Gasteiger partial charge on any atom is 0.186 e. The minimum atomic E-state index is 0.0915. The number of aliphatic hydroxyl groups is 1. The van der Waals surface area contributed by atoms with Gasteiger partial charge in [-0.1, -0.05) is 23.4 Å². The predicted octanol–water partition coefficient (Wildman–Crippen LogP) is 1.60. The van der Waals surface area contributed by atoms with Gasteiger partial charge in [0, 0.05) is 36.7 Å². The number of nitrogens with one attached hydrogen (secondary N) is 1. The minimum absolute atomic E-state index is 0.0915. The zero-order chi connectivity index (χ0) is 14.7. The van der Waals surface area contributed by atoms with Crippen molar-refractivity contribution in [3.63, 3.8) is 0 Å². The van der Waals surface area contributed by atoms with E-state index in [0.29, 0.717) is 25.1 Å². The largest absolute Gasteiger partial charge is 0.396 e. The summed E-state index contributed by atoms with van der Waals surface area (Å²) in [7, 11) is 0. The van der Waals surface area contributed by atoms with Crippen molar-refractivity contribution >= 4 is 10.9 Å². The smallest absolute Gasteiger partial charge is 0.186 e. The molecule has 0 bridgehead atoms. The van der Waals surface area contributed by atoms with Crippen LogP contribution in [0.1, 0.15) is 23.4 Å². The molecule has 0 spiro atoms. The average Bonchev–Trinajstić information content (AvgIpc) is 3.10. The first-order valence-corrected chi connectivity index (χ1v) is 6.82.